The Kier molecular flexibility index (Phi) is 4.67. The number of nitrogens with zero attached hydrogens (tertiary/aromatic N) is 1. The van der Waals surface area contributed by atoms with Crippen LogP contribution in [0.3, 0.4) is 0 Å². The molecule has 22 heavy (non-hydrogen) atoms. The Morgan fingerprint density at radius 2 is 2.14 bits per heavy atom. The van der Waals surface area contributed by atoms with E-state index in [1.807, 2.05) is 11.8 Å². The quantitative estimate of drug-likeness (QED) is 0.898. The number of carbonyl (C=O) groups is 1. The van der Waals surface area contributed by atoms with E-state index in [0.29, 0.717) is 24.5 Å². The van der Waals surface area contributed by atoms with Crippen LogP contribution < -0.4 is 10.6 Å². The molecule has 0 spiro atoms. The molecule has 1 aliphatic heterocycles. The Balaban J connectivity index is 1.42. The predicted octanol–water partition coefficient (Wildman–Crippen LogP) is 2.63. The first-order chi connectivity index (χ1) is 10.7. The largest absolute Gasteiger partial charge is 0.338 e. The van der Waals surface area contributed by atoms with Crippen LogP contribution in [0.15, 0.2) is 24.3 Å². The third-order valence-electron chi connectivity index (χ3n) is 4.93. The van der Waals surface area contributed by atoms with Crippen LogP contribution in [0.4, 0.5) is 4.79 Å². The Labute approximate surface area is 133 Å². The average Bonchev–Trinajstić information content (AvgIpc) is 2.91. The van der Waals surface area contributed by atoms with E-state index < -0.39 is 0 Å². The Morgan fingerprint density at radius 3 is 2.86 bits per heavy atom. The van der Waals surface area contributed by atoms with Crippen molar-refractivity contribution in [3.63, 3.8) is 0 Å². The van der Waals surface area contributed by atoms with Gasteiger partial charge in [0.25, 0.3) is 0 Å². The highest BCUT2D eigenvalue weighted by Gasteiger charge is 2.34. The molecule has 0 aromatic heterocycles. The Morgan fingerprint density at radius 1 is 1.32 bits per heavy atom. The average molecular weight is 301 g/mol. The molecule has 1 saturated carbocycles. The zero-order chi connectivity index (χ0) is 15.5. The van der Waals surface area contributed by atoms with Gasteiger partial charge in [0.2, 0.25) is 0 Å². The van der Waals surface area contributed by atoms with Crippen molar-refractivity contribution in [3.8, 4) is 0 Å². The van der Waals surface area contributed by atoms with Crippen LogP contribution in [-0.2, 0) is 0 Å². The van der Waals surface area contributed by atoms with E-state index in [1.165, 1.54) is 24.0 Å². The van der Waals surface area contributed by atoms with Crippen LogP contribution >= 0.6 is 0 Å². The summed E-state index contributed by atoms with van der Waals surface area (Å²) in [6.07, 6.45) is 3.52. The minimum Gasteiger partial charge on any atom is -0.338 e. The first kappa shape index (κ1) is 15.3. The molecule has 4 heteroatoms. The molecule has 0 unspecified atom stereocenters. The molecule has 2 aliphatic rings. The van der Waals surface area contributed by atoms with Crippen molar-refractivity contribution in [2.24, 2.45) is 0 Å². The second-order valence-electron chi connectivity index (χ2n) is 6.71. The molecule has 0 bridgehead atoms. The number of likely N-dealkylation sites (tertiary alicyclic amines) is 1. The van der Waals surface area contributed by atoms with Gasteiger partial charge in [0.05, 0.1) is 0 Å². The highest BCUT2D eigenvalue weighted by atomic mass is 16.2. The molecule has 4 nitrogen and oxygen atoms in total. The van der Waals surface area contributed by atoms with Crippen molar-refractivity contribution in [1.29, 1.82) is 0 Å². The van der Waals surface area contributed by atoms with Gasteiger partial charge in [-0.15, -0.1) is 0 Å². The van der Waals surface area contributed by atoms with Crippen molar-refractivity contribution in [2.45, 2.75) is 51.1 Å². The summed E-state index contributed by atoms with van der Waals surface area (Å²) in [4.78, 5) is 13.7. The van der Waals surface area contributed by atoms with Gasteiger partial charge in [-0.05, 0) is 44.6 Å². The lowest BCUT2D eigenvalue weighted by atomic mass is 9.75. The number of benzene rings is 1. The molecular formula is C18H27N3O. The number of hydrogen-bond acceptors (Lipinski definition) is 2. The number of aryl methyl sites for hydroxylation is 1. The SMILES string of the molecule is CCNC(=O)N1CC[C@@H](NC2CC(c3cccc(C)c3)C2)C1. The van der Waals surface area contributed by atoms with Crippen molar-refractivity contribution in [1.82, 2.24) is 15.5 Å². The Hall–Kier alpha value is -1.55. The van der Waals surface area contributed by atoms with Crippen LogP contribution in [0.5, 0.6) is 0 Å². The van der Waals surface area contributed by atoms with E-state index in [1.54, 1.807) is 0 Å². The van der Waals surface area contributed by atoms with Crippen LogP contribution in [0.1, 0.15) is 43.2 Å². The second-order valence-corrected chi connectivity index (χ2v) is 6.71. The van der Waals surface area contributed by atoms with E-state index >= 15 is 0 Å². The number of amides is 2. The number of carbonyl (C=O) groups excluding carboxylic acids is 1. The van der Waals surface area contributed by atoms with Gasteiger partial charge in [-0.25, -0.2) is 4.79 Å². The summed E-state index contributed by atoms with van der Waals surface area (Å²) in [6, 6.07) is 10.0. The third-order valence-corrected chi connectivity index (χ3v) is 4.93. The normalized spacial score (nSPS) is 27.5. The molecule has 1 aromatic carbocycles. The second kappa shape index (κ2) is 6.69. The van der Waals surface area contributed by atoms with E-state index in [2.05, 4.69) is 41.8 Å². The fourth-order valence-corrected chi connectivity index (χ4v) is 3.63. The molecule has 2 fully saturated rings. The summed E-state index contributed by atoms with van der Waals surface area (Å²) < 4.78 is 0. The molecule has 2 N–H and O–H groups in total. The number of rotatable bonds is 4. The standard InChI is InChI=1S/C18H27N3O/c1-3-19-18(22)21-8-7-16(12-21)20-17-10-15(11-17)14-6-4-5-13(2)9-14/h4-6,9,15-17,20H,3,7-8,10-12H2,1-2H3,(H,19,22)/t15?,16-,17?/m1/s1. The van der Waals surface area contributed by atoms with Crippen molar-refractivity contribution < 1.29 is 4.79 Å². The first-order valence-electron chi connectivity index (χ1n) is 8.51. The van der Waals surface area contributed by atoms with Gasteiger partial charge in [-0.1, -0.05) is 29.8 Å². The molecule has 3 rings (SSSR count). The summed E-state index contributed by atoms with van der Waals surface area (Å²) in [6.45, 7) is 6.54. The van der Waals surface area contributed by atoms with Gasteiger partial charge >= 0.3 is 6.03 Å². The smallest absolute Gasteiger partial charge is 0.317 e. The van der Waals surface area contributed by atoms with E-state index in [0.717, 1.165) is 19.5 Å². The lowest BCUT2D eigenvalue weighted by Crippen LogP contribution is -2.47. The molecule has 2 amide bonds. The monoisotopic (exact) mass is 301 g/mol. The van der Waals surface area contributed by atoms with Gasteiger partial charge in [0.1, 0.15) is 0 Å². The summed E-state index contributed by atoms with van der Waals surface area (Å²) in [5, 5.41) is 6.62. The first-order valence-corrected chi connectivity index (χ1v) is 8.51. The van der Waals surface area contributed by atoms with E-state index in [-0.39, 0.29) is 6.03 Å². The maximum atomic E-state index is 11.8. The molecule has 0 radical (unpaired) electrons. The highest BCUT2D eigenvalue weighted by molar-refractivity contribution is 5.74. The number of nitrogens with one attached hydrogen (secondary N) is 2. The van der Waals surface area contributed by atoms with Gasteiger partial charge in [0.15, 0.2) is 0 Å². The molecule has 1 saturated heterocycles. The topological polar surface area (TPSA) is 44.4 Å². The van der Waals surface area contributed by atoms with Crippen molar-refractivity contribution in [3.05, 3.63) is 35.4 Å². The minimum absolute atomic E-state index is 0.0815. The van der Waals surface area contributed by atoms with Gasteiger partial charge in [-0.3, -0.25) is 0 Å². The van der Waals surface area contributed by atoms with E-state index in [9.17, 15) is 4.79 Å². The van der Waals surface area contributed by atoms with Crippen LogP contribution in [-0.4, -0.2) is 42.6 Å². The number of urea groups is 1. The molecule has 1 aromatic rings. The fraction of sp³-hybridized carbons (Fsp3) is 0.611. The van der Waals surface area contributed by atoms with Crippen molar-refractivity contribution in [2.75, 3.05) is 19.6 Å². The Bertz CT molecular complexity index is 525. The minimum atomic E-state index is 0.0815. The highest BCUT2D eigenvalue weighted by Crippen LogP contribution is 2.37. The summed E-state index contributed by atoms with van der Waals surface area (Å²) in [7, 11) is 0. The van der Waals surface area contributed by atoms with Crippen molar-refractivity contribution >= 4 is 6.03 Å². The van der Waals surface area contributed by atoms with Crippen LogP contribution in [0.25, 0.3) is 0 Å². The number of hydrogen-bond donors (Lipinski definition) is 2. The summed E-state index contributed by atoms with van der Waals surface area (Å²) in [5.41, 5.74) is 2.83. The lowest BCUT2D eigenvalue weighted by molar-refractivity contribution is 0.206. The van der Waals surface area contributed by atoms with Crippen LogP contribution in [0, 0.1) is 6.92 Å². The zero-order valence-electron chi connectivity index (χ0n) is 13.6. The molecular weight excluding hydrogens is 274 g/mol. The van der Waals surface area contributed by atoms with Gasteiger partial charge in [0, 0.05) is 31.7 Å². The van der Waals surface area contributed by atoms with Gasteiger partial charge < -0.3 is 15.5 Å². The summed E-state index contributed by atoms with van der Waals surface area (Å²) >= 11 is 0. The summed E-state index contributed by atoms with van der Waals surface area (Å²) in [5.74, 6) is 0.707. The molecule has 1 heterocycles. The lowest BCUT2D eigenvalue weighted by Gasteiger charge is -2.38. The van der Waals surface area contributed by atoms with Gasteiger partial charge in [-0.2, -0.15) is 0 Å². The maximum absolute atomic E-state index is 11.8. The predicted molar refractivity (Wildman–Crippen MR) is 89.1 cm³/mol. The van der Waals surface area contributed by atoms with E-state index in [4.69, 9.17) is 0 Å². The molecule has 120 valence electrons. The molecule has 1 atom stereocenters. The fourth-order valence-electron chi connectivity index (χ4n) is 3.63. The zero-order valence-corrected chi connectivity index (χ0v) is 13.6. The third kappa shape index (κ3) is 3.43. The van der Waals surface area contributed by atoms with Crippen LogP contribution in [0.2, 0.25) is 0 Å². The molecule has 1 aliphatic carbocycles. The maximum Gasteiger partial charge on any atom is 0.317 e.